The minimum Gasteiger partial charge on any atom is -0.597 e. The second-order valence-electron chi connectivity index (χ2n) is 13.3. The Bertz CT molecular complexity index is 1320. The van der Waals surface area contributed by atoms with E-state index >= 15 is 0 Å². The molecule has 0 aromatic carbocycles. The molecule has 0 radical (unpaired) electrons. The number of carbonyl (C=O) groups excluding carboxylic acids is 5. The van der Waals surface area contributed by atoms with Gasteiger partial charge in [0.1, 0.15) is 29.0 Å². The Kier molecular flexibility index (Phi) is 13.5. The molecule has 0 bridgehead atoms. The number of hydrogen-bond acceptors (Lipinski definition) is 13. The van der Waals surface area contributed by atoms with E-state index in [1.807, 2.05) is 25.9 Å². The summed E-state index contributed by atoms with van der Waals surface area (Å²) in [6.45, 7) is 11.9. The van der Waals surface area contributed by atoms with Gasteiger partial charge in [0.25, 0.3) is 5.91 Å². The fourth-order valence-electron chi connectivity index (χ4n) is 5.31. The summed E-state index contributed by atoms with van der Waals surface area (Å²) in [5.74, 6) is -4.67. The summed E-state index contributed by atoms with van der Waals surface area (Å²) in [5, 5.41) is 36.9. The van der Waals surface area contributed by atoms with Crippen molar-refractivity contribution in [1.82, 2.24) is 15.1 Å². The van der Waals surface area contributed by atoms with Crippen molar-refractivity contribution in [2.45, 2.75) is 111 Å². The van der Waals surface area contributed by atoms with E-state index in [-0.39, 0.29) is 30.3 Å². The highest BCUT2D eigenvalue weighted by Gasteiger charge is 2.49. The molecular weight excluding hydrogens is 632 g/mol. The van der Waals surface area contributed by atoms with Crippen LogP contribution >= 0.6 is 0 Å². The summed E-state index contributed by atoms with van der Waals surface area (Å²) < 4.78 is 17.2. The molecule has 2 aliphatic heterocycles. The topological polar surface area (TPSA) is 223 Å². The standard InChI is InChI=1S/C31H50N6O11/c1-15(2)25(24(40)21-23(39)16(3)36(11)29(21)42)48-30(43)31(7,8)26(47-19(6)38)20(13-12-14-37(45)34-44)32-27(41)22-18(5)46-28(33-22)17(4)35(9)10/h15-18,20,22,25-26,40,44H,12-14H2,1-11H3,(H,32,41)/b24-21+,37-34-/t16-,17-,18+,20-,22?,25-,26-/m0/s1. The first-order valence-electron chi connectivity index (χ1n) is 15.8. The Morgan fingerprint density at radius 3 is 2.27 bits per heavy atom. The van der Waals surface area contributed by atoms with Gasteiger partial charge in [0.05, 0.1) is 18.1 Å². The predicted octanol–water partition coefficient (Wildman–Crippen LogP) is 1.51. The number of rotatable bonds is 15. The molecule has 1 saturated heterocycles. The quantitative estimate of drug-likeness (QED) is 0.0425. The minimum absolute atomic E-state index is 0.0264. The first kappa shape index (κ1) is 39.9. The maximum Gasteiger partial charge on any atom is 0.316 e. The van der Waals surface area contributed by atoms with Crippen molar-refractivity contribution in [2.24, 2.45) is 21.6 Å². The lowest BCUT2D eigenvalue weighted by Crippen LogP contribution is -2.57. The van der Waals surface area contributed by atoms with Crippen LogP contribution in [0.3, 0.4) is 0 Å². The number of carbonyl (C=O) groups is 5. The van der Waals surface area contributed by atoms with Gasteiger partial charge in [0, 0.05) is 20.4 Å². The summed E-state index contributed by atoms with van der Waals surface area (Å²) in [7, 11) is 5.07. The second kappa shape index (κ2) is 16.2. The number of esters is 2. The molecule has 3 N–H and O–H groups in total. The Morgan fingerprint density at radius 2 is 1.79 bits per heavy atom. The Morgan fingerprint density at radius 1 is 1.19 bits per heavy atom. The van der Waals surface area contributed by atoms with E-state index in [9.17, 15) is 34.3 Å². The fourth-order valence-corrected chi connectivity index (χ4v) is 5.31. The molecule has 2 heterocycles. The average molecular weight is 683 g/mol. The van der Waals surface area contributed by atoms with Crippen molar-refractivity contribution in [3.05, 3.63) is 16.5 Å². The number of ether oxygens (including phenoxy) is 3. The number of nitrogens with one attached hydrogen (secondary N) is 1. The normalized spacial score (nSPS) is 23.8. The third kappa shape index (κ3) is 8.99. The molecule has 2 amide bonds. The van der Waals surface area contributed by atoms with Gasteiger partial charge < -0.3 is 39.9 Å². The number of likely N-dealkylation sites (N-methyl/N-ethyl adjacent to an activating group) is 2. The van der Waals surface area contributed by atoms with Crippen LogP contribution in [0.5, 0.6) is 0 Å². The number of aliphatic hydroxyl groups is 1. The van der Waals surface area contributed by atoms with E-state index < -0.39 is 88.6 Å². The van der Waals surface area contributed by atoms with Crippen LogP contribution in [0.25, 0.3) is 0 Å². The van der Waals surface area contributed by atoms with Crippen molar-refractivity contribution < 1.29 is 53.4 Å². The molecule has 0 aliphatic carbocycles. The van der Waals surface area contributed by atoms with Crippen LogP contribution in [0, 0.1) is 16.5 Å². The highest BCUT2D eigenvalue weighted by atomic mass is 16.6. The lowest BCUT2D eigenvalue weighted by atomic mass is 9.80. The molecule has 48 heavy (non-hydrogen) atoms. The highest BCUT2D eigenvalue weighted by Crippen LogP contribution is 2.33. The molecule has 270 valence electrons. The van der Waals surface area contributed by atoms with E-state index in [4.69, 9.17) is 19.4 Å². The monoisotopic (exact) mass is 682 g/mol. The smallest absolute Gasteiger partial charge is 0.316 e. The van der Waals surface area contributed by atoms with Crippen LogP contribution < -0.4 is 5.32 Å². The molecule has 2 aliphatic rings. The minimum atomic E-state index is -1.72. The van der Waals surface area contributed by atoms with E-state index in [1.54, 1.807) is 20.8 Å². The number of aliphatic imine (C=N–C) groups is 1. The first-order valence-corrected chi connectivity index (χ1v) is 15.8. The van der Waals surface area contributed by atoms with E-state index in [0.717, 1.165) is 6.92 Å². The van der Waals surface area contributed by atoms with Crippen molar-refractivity contribution in [3.8, 4) is 0 Å². The van der Waals surface area contributed by atoms with Gasteiger partial charge in [0.15, 0.2) is 29.8 Å². The van der Waals surface area contributed by atoms with E-state index in [2.05, 4.69) is 15.6 Å². The number of amides is 2. The molecule has 7 atom stereocenters. The average Bonchev–Trinajstić information content (AvgIpc) is 3.48. The molecule has 0 saturated carbocycles. The number of hydroxylamine groups is 1. The first-order chi connectivity index (χ1) is 22.2. The van der Waals surface area contributed by atoms with Gasteiger partial charge in [-0.25, -0.2) is 4.99 Å². The molecular formula is C31H50N6O11. The molecule has 1 fully saturated rings. The Labute approximate surface area is 280 Å². The molecule has 0 aromatic heterocycles. The summed E-state index contributed by atoms with van der Waals surface area (Å²) in [5.41, 5.74) is -2.21. The highest BCUT2D eigenvalue weighted by molar-refractivity contribution is 6.26. The lowest BCUT2D eigenvalue weighted by Gasteiger charge is -2.38. The SMILES string of the molecule is CC(=O)O[C@@H]([C@H](CCC/[N+]([O-])=N/O)NC(=O)C1N=C([C@H](C)N(C)C)O[C@@H]1C)C(C)(C)C(=O)O[C@H](/C(O)=C1/C(=O)[C@H](C)N(C)C1=O)C(C)C. The maximum atomic E-state index is 13.9. The predicted molar refractivity (Wildman–Crippen MR) is 170 cm³/mol. The third-order valence-corrected chi connectivity index (χ3v) is 8.71. The van der Waals surface area contributed by atoms with Gasteiger partial charge in [-0.15, -0.1) is 0 Å². The van der Waals surface area contributed by atoms with Crippen molar-refractivity contribution in [3.63, 3.8) is 0 Å². The number of nitrogens with zero attached hydrogens (tertiary/aromatic N) is 5. The van der Waals surface area contributed by atoms with Crippen molar-refractivity contribution in [1.29, 1.82) is 0 Å². The van der Waals surface area contributed by atoms with Crippen LogP contribution in [0.2, 0.25) is 0 Å². The number of ketones is 1. The Hall–Kier alpha value is -4.28. The number of aliphatic hydroxyl groups excluding tert-OH is 1. The van der Waals surface area contributed by atoms with Gasteiger partial charge in [0.2, 0.25) is 11.8 Å². The van der Waals surface area contributed by atoms with E-state index in [0.29, 0.717) is 5.90 Å². The van der Waals surface area contributed by atoms with Crippen LogP contribution in [-0.4, -0.2) is 131 Å². The lowest BCUT2D eigenvalue weighted by molar-refractivity contribution is -0.556. The molecule has 17 heteroatoms. The number of Topliss-reactive ketones (excluding diaryl/α,β-unsaturated/α-hetero) is 1. The van der Waals surface area contributed by atoms with Crippen molar-refractivity contribution in [2.75, 3.05) is 27.7 Å². The molecule has 0 aromatic rings. The van der Waals surface area contributed by atoms with Gasteiger partial charge in [-0.1, -0.05) is 18.7 Å². The van der Waals surface area contributed by atoms with Gasteiger partial charge in [-0.2, -0.15) is 0 Å². The third-order valence-electron chi connectivity index (χ3n) is 8.71. The van der Waals surface area contributed by atoms with Crippen LogP contribution in [0.4, 0.5) is 0 Å². The molecule has 2 rings (SSSR count). The zero-order chi connectivity index (χ0) is 36.8. The second-order valence-corrected chi connectivity index (χ2v) is 13.3. The number of hydrogen-bond donors (Lipinski definition) is 3. The van der Waals surface area contributed by atoms with E-state index in [1.165, 1.54) is 32.7 Å². The van der Waals surface area contributed by atoms with Gasteiger partial charge in [-0.3, -0.25) is 28.9 Å². The Balaban J connectivity index is 2.51. The summed E-state index contributed by atoms with van der Waals surface area (Å²) >= 11 is 0. The van der Waals surface area contributed by atoms with Crippen molar-refractivity contribution >= 4 is 35.4 Å². The fraction of sp³-hybridized carbons (Fsp3) is 0.742. The zero-order valence-electron chi connectivity index (χ0n) is 29.5. The number of likely N-dealkylation sites (tertiary alicyclic amines) is 1. The summed E-state index contributed by atoms with van der Waals surface area (Å²) in [6, 6.07) is -3.15. The largest absolute Gasteiger partial charge is 0.597 e. The van der Waals surface area contributed by atoms with Crippen LogP contribution in [0.15, 0.2) is 21.6 Å². The van der Waals surface area contributed by atoms with Gasteiger partial charge >= 0.3 is 11.9 Å². The van der Waals surface area contributed by atoms with Crippen LogP contribution in [-0.2, 0) is 38.2 Å². The molecule has 17 nitrogen and oxygen atoms in total. The molecule has 1 unspecified atom stereocenters. The maximum absolute atomic E-state index is 13.9. The van der Waals surface area contributed by atoms with Crippen LogP contribution in [0.1, 0.15) is 68.2 Å². The zero-order valence-corrected chi connectivity index (χ0v) is 29.5. The molecule has 0 spiro atoms. The summed E-state index contributed by atoms with van der Waals surface area (Å²) in [6.07, 6.45) is -3.47. The van der Waals surface area contributed by atoms with Gasteiger partial charge in [-0.05, 0) is 61.1 Å². The summed E-state index contributed by atoms with van der Waals surface area (Å²) in [4.78, 5) is 73.1.